The highest BCUT2D eigenvalue weighted by Gasteiger charge is 2.45. The summed E-state index contributed by atoms with van der Waals surface area (Å²) >= 11 is 0. The molecule has 5 heterocycles. The summed E-state index contributed by atoms with van der Waals surface area (Å²) in [5, 5.41) is 19.6. The zero-order chi connectivity index (χ0) is 49.0. The molecule has 0 spiro atoms. The molecule has 382 valence electrons. The normalized spacial score (nSPS) is 28.8. The van der Waals surface area contributed by atoms with Crippen molar-refractivity contribution in [2.75, 3.05) is 39.3 Å². The van der Waals surface area contributed by atoms with Gasteiger partial charge < -0.3 is 47.0 Å². The van der Waals surface area contributed by atoms with Gasteiger partial charge in [-0.15, -0.1) is 0 Å². The summed E-state index contributed by atoms with van der Waals surface area (Å²) in [5.74, 6) is 2.15. The molecule has 0 aromatic rings. The first-order chi connectivity index (χ1) is 30.4. The van der Waals surface area contributed by atoms with E-state index in [0.29, 0.717) is 30.6 Å². The van der Waals surface area contributed by atoms with Crippen molar-refractivity contribution in [3.63, 3.8) is 0 Å². The lowest BCUT2D eigenvalue weighted by Gasteiger charge is -2.51. The van der Waals surface area contributed by atoms with Gasteiger partial charge in [0.2, 0.25) is 11.9 Å². The highest BCUT2D eigenvalue weighted by atomic mass is 15.4. The summed E-state index contributed by atoms with van der Waals surface area (Å²) in [6.45, 7) is 45.9. The highest BCUT2D eigenvalue weighted by Crippen LogP contribution is 2.36. The molecule has 2 unspecified atom stereocenters. The van der Waals surface area contributed by atoms with Crippen molar-refractivity contribution in [2.24, 2.45) is 20.7 Å². The molecule has 5 aliphatic rings. The summed E-state index contributed by atoms with van der Waals surface area (Å²) in [6, 6.07) is 1.86. The van der Waals surface area contributed by atoms with E-state index >= 15 is 0 Å². The number of rotatable bonds is 18. The van der Waals surface area contributed by atoms with E-state index in [1.54, 1.807) is 0 Å². The fraction of sp³-hybridized carbons (Fsp3) is 0.944. The van der Waals surface area contributed by atoms with Crippen molar-refractivity contribution in [1.82, 2.24) is 41.3 Å². The van der Waals surface area contributed by atoms with Crippen LogP contribution in [0.1, 0.15) is 220 Å². The maximum absolute atomic E-state index is 6.74. The van der Waals surface area contributed by atoms with Gasteiger partial charge in [0.15, 0.2) is 0 Å². The molecule has 0 saturated carbocycles. The summed E-state index contributed by atoms with van der Waals surface area (Å²) < 4.78 is 0. The third kappa shape index (κ3) is 16.9. The summed E-state index contributed by atoms with van der Waals surface area (Å²) in [4.78, 5) is 23.6. The molecule has 2 bridgehead atoms. The SMILES string of the molecule is CCN(CCCCCCN1C(N=C(C)N(CCCCCCNC2CC(C)(C)NC(C)(C)C2)C2CC(C)(C)NC(C)(C)C2)=NC(N)=NCC2(C)CC1CC(C)(C)N2)C1CC(C)(C)NC(C)(C)C1. The fourth-order valence-electron chi connectivity index (χ4n) is 14.3. The number of hydrogen-bond acceptors (Lipinski definition) is 11. The first-order valence-electron chi connectivity index (χ1n) is 27.0. The minimum atomic E-state index is -0.172. The zero-order valence-electron chi connectivity index (χ0n) is 46.1. The fourth-order valence-corrected chi connectivity index (χ4v) is 14.3. The topological polar surface area (TPSA) is 133 Å². The van der Waals surface area contributed by atoms with E-state index in [2.05, 4.69) is 159 Å². The number of nitrogens with zero attached hydrogens (tertiary/aromatic N) is 6. The molecule has 0 amide bonds. The van der Waals surface area contributed by atoms with Gasteiger partial charge in [0, 0.05) is 81.6 Å². The molecule has 4 fully saturated rings. The lowest BCUT2D eigenvalue weighted by Crippen LogP contribution is -2.65. The molecule has 5 rings (SSSR count). The zero-order valence-corrected chi connectivity index (χ0v) is 46.1. The molecule has 7 N–H and O–H groups in total. The number of aliphatic imine (C=N–C) groups is 3. The molecule has 12 nitrogen and oxygen atoms in total. The van der Waals surface area contributed by atoms with Gasteiger partial charge in [-0.05, 0) is 207 Å². The third-order valence-corrected chi connectivity index (χ3v) is 15.5. The van der Waals surface area contributed by atoms with Gasteiger partial charge in [-0.1, -0.05) is 32.6 Å². The maximum atomic E-state index is 6.74. The summed E-state index contributed by atoms with van der Waals surface area (Å²) in [6.07, 6.45) is 18.5. The smallest absolute Gasteiger partial charge is 0.230 e. The predicted molar refractivity (Wildman–Crippen MR) is 284 cm³/mol. The van der Waals surface area contributed by atoms with Crippen molar-refractivity contribution in [2.45, 2.75) is 289 Å². The standard InChI is InChI=1S/C54H106N12/c1-18-64(42-33-49(7,8)61-50(9,10)34-42)28-24-21-22-26-30-66-44-37-53(15,16)63-54(17,38-44)39-57-45(55)59-46(66)58-40(2)65(43-35-51(11,12)62-52(13,14)36-43)29-25-20-19-23-27-56-41-31-47(3,4)60-48(5,6)32-41/h41-44,56,60-63H,18-39H2,1-17H3,(H2,55,57). The van der Waals surface area contributed by atoms with Crippen LogP contribution >= 0.6 is 0 Å². The van der Waals surface area contributed by atoms with Crippen molar-refractivity contribution < 1.29 is 0 Å². The first-order valence-corrected chi connectivity index (χ1v) is 27.0. The average Bonchev–Trinajstić information content (AvgIpc) is 3.14. The van der Waals surface area contributed by atoms with E-state index in [-0.39, 0.29) is 50.4 Å². The average molecular weight is 924 g/mol. The van der Waals surface area contributed by atoms with Gasteiger partial charge in [0.25, 0.3) is 0 Å². The van der Waals surface area contributed by atoms with Crippen molar-refractivity contribution in [3.05, 3.63) is 0 Å². The van der Waals surface area contributed by atoms with Crippen LogP contribution in [0.3, 0.4) is 0 Å². The highest BCUT2D eigenvalue weighted by molar-refractivity contribution is 6.01. The van der Waals surface area contributed by atoms with Gasteiger partial charge in [-0.2, -0.15) is 4.99 Å². The Bertz CT molecular complexity index is 1610. The van der Waals surface area contributed by atoms with E-state index in [1.165, 1.54) is 70.8 Å². The molecule has 0 aromatic heterocycles. The molecule has 0 radical (unpaired) electrons. The molecular weight excluding hydrogens is 817 g/mol. The molecule has 4 saturated heterocycles. The number of guanidine groups is 2. The monoisotopic (exact) mass is 923 g/mol. The van der Waals surface area contributed by atoms with Crippen molar-refractivity contribution in [1.29, 1.82) is 0 Å². The molecular formula is C54H106N12. The molecule has 5 aliphatic heterocycles. The number of piperidine rings is 4. The van der Waals surface area contributed by atoms with Crippen LogP contribution in [-0.2, 0) is 0 Å². The largest absolute Gasteiger partial charge is 0.368 e. The minimum absolute atomic E-state index is 0.0211. The van der Waals surface area contributed by atoms with E-state index in [9.17, 15) is 0 Å². The number of hydrogen-bond donors (Lipinski definition) is 6. The van der Waals surface area contributed by atoms with Crippen LogP contribution in [0.25, 0.3) is 0 Å². The van der Waals surface area contributed by atoms with Crippen molar-refractivity contribution in [3.8, 4) is 0 Å². The van der Waals surface area contributed by atoms with Crippen LogP contribution in [0.2, 0.25) is 0 Å². The summed E-state index contributed by atoms with van der Waals surface area (Å²) in [7, 11) is 0. The second-order valence-electron chi connectivity index (χ2n) is 27.1. The second-order valence-corrected chi connectivity index (χ2v) is 27.1. The van der Waals surface area contributed by atoms with Crippen LogP contribution < -0.4 is 32.3 Å². The Morgan fingerprint density at radius 3 is 1.67 bits per heavy atom. The number of fused-ring (bicyclic) bond motifs is 2. The second kappa shape index (κ2) is 21.7. The van der Waals surface area contributed by atoms with Gasteiger partial charge in [0.1, 0.15) is 5.84 Å². The molecule has 0 aromatic carbocycles. The summed E-state index contributed by atoms with van der Waals surface area (Å²) in [5.41, 5.74) is 7.22. The van der Waals surface area contributed by atoms with Crippen LogP contribution in [0.4, 0.5) is 0 Å². The van der Waals surface area contributed by atoms with Crippen LogP contribution in [0.5, 0.6) is 0 Å². The van der Waals surface area contributed by atoms with Gasteiger partial charge in [-0.3, -0.25) is 0 Å². The Morgan fingerprint density at radius 1 is 0.621 bits per heavy atom. The minimum Gasteiger partial charge on any atom is -0.368 e. The third-order valence-electron chi connectivity index (χ3n) is 15.5. The van der Waals surface area contributed by atoms with Crippen LogP contribution in [0, 0.1) is 0 Å². The Hall–Kier alpha value is -1.83. The van der Waals surface area contributed by atoms with E-state index in [1.807, 2.05) is 0 Å². The number of unbranched alkanes of at least 4 members (excludes halogenated alkanes) is 6. The van der Waals surface area contributed by atoms with Crippen molar-refractivity contribution >= 4 is 17.8 Å². The van der Waals surface area contributed by atoms with E-state index in [0.717, 1.165) is 76.5 Å². The Kier molecular flexibility index (Phi) is 18.1. The van der Waals surface area contributed by atoms with Crippen LogP contribution in [0.15, 0.2) is 15.0 Å². The number of nitrogens with two attached hydrogens (primary N) is 1. The van der Waals surface area contributed by atoms with Crippen LogP contribution in [-0.4, -0.2) is 140 Å². The van der Waals surface area contributed by atoms with Gasteiger partial charge in [0.05, 0.1) is 6.54 Å². The van der Waals surface area contributed by atoms with Gasteiger partial charge in [-0.25, -0.2) is 9.98 Å². The van der Waals surface area contributed by atoms with E-state index in [4.69, 9.17) is 20.7 Å². The Morgan fingerprint density at radius 2 is 1.11 bits per heavy atom. The molecule has 12 heteroatoms. The molecule has 2 atom stereocenters. The molecule has 0 aliphatic carbocycles. The maximum Gasteiger partial charge on any atom is 0.230 e. The Balaban J connectivity index is 1.30. The number of nitrogens with one attached hydrogen (secondary N) is 5. The van der Waals surface area contributed by atoms with E-state index < -0.39 is 0 Å². The predicted octanol–water partition coefficient (Wildman–Crippen LogP) is 8.94. The molecule has 66 heavy (non-hydrogen) atoms. The Labute approximate surface area is 406 Å². The van der Waals surface area contributed by atoms with Gasteiger partial charge >= 0.3 is 0 Å². The number of amidine groups is 1. The quantitative estimate of drug-likeness (QED) is 0.0453. The lowest BCUT2D eigenvalue weighted by molar-refractivity contribution is 0.0679. The first kappa shape index (κ1) is 55.1. The lowest BCUT2D eigenvalue weighted by atomic mass is 9.78.